The summed E-state index contributed by atoms with van der Waals surface area (Å²) in [5.74, 6) is -0.282. The largest absolute Gasteiger partial charge is 0.340 e. The molecule has 0 aliphatic carbocycles. The van der Waals surface area contributed by atoms with E-state index in [1.165, 1.54) is 18.2 Å². The number of hydrogen-bond donors (Lipinski definition) is 1. The fourth-order valence-corrected chi connectivity index (χ4v) is 2.89. The van der Waals surface area contributed by atoms with Gasteiger partial charge in [-0.05, 0) is 23.3 Å². The molecule has 126 valence electrons. The van der Waals surface area contributed by atoms with Gasteiger partial charge in [-0.15, -0.1) is 0 Å². The minimum absolute atomic E-state index is 0.0318. The topological polar surface area (TPSA) is 56.4 Å². The van der Waals surface area contributed by atoms with Crippen LogP contribution in [0.5, 0.6) is 0 Å². The number of nitrogens with one attached hydrogen (secondary N) is 1. The number of pyridine rings is 1. The number of carbonyl (C=O) groups is 1. The van der Waals surface area contributed by atoms with Gasteiger partial charge in [0.1, 0.15) is 5.82 Å². The van der Waals surface area contributed by atoms with Crippen molar-refractivity contribution in [1.82, 2.24) is 14.8 Å². The molecule has 24 heavy (non-hydrogen) atoms. The van der Waals surface area contributed by atoms with E-state index in [1.807, 2.05) is 11.0 Å². The maximum atomic E-state index is 13.2. The van der Waals surface area contributed by atoms with Gasteiger partial charge in [-0.3, -0.25) is 14.5 Å². The lowest BCUT2D eigenvalue weighted by atomic mass is 10.1. The number of aromatic nitrogens is 1. The predicted molar refractivity (Wildman–Crippen MR) is 89.0 cm³/mol. The molecule has 6 heteroatoms. The molecule has 1 aliphatic heterocycles. The third-order valence-corrected chi connectivity index (χ3v) is 4.22. The number of nitrogens with zero attached hydrogens (tertiary/aromatic N) is 2. The standard InChI is InChI=1S/C18H20FN3O2/c19-16-3-1-2-14(10-16)11-18(24)22-8-6-21(7-9-22)13-15-4-5-17(23)20-12-15/h1-5,10,12H,6-9,11,13H2,(H,20,23). The first kappa shape index (κ1) is 16.4. The Kier molecular flexibility index (Phi) is 5.05. The van der Waals surface area contributed by atoms with Crippen molar-refractivity contribution in [3.63, 3.8) is 0 Å². The zero-order valence-electron chi connectivity index (χ0n) is 13.4. The van der Waals surface area contributed by atoms with Crippen molar-refractivity contribution in [3.05, 3.63) is 69.9 Å². The van der Waals surface area contributed by atoms with E-state index in [4.69, 9.17) is 0 Å². The molecule has 1 aliphatic rings. The summed E-state index contributed by atoms with van der Waals surface area (Å²) < 4.78 is 13.2. The Labute approximate surface area is 139 Å². The van der Waals surface area contributed by atoms with Crippen LogP contribution in [0, 0.1) is 5.82 Å². The lowest BCUT2D eigenvalue weighted by Crippen LogP contribution is -2.48. The van der Waals surface area contributed by atoms with Gasteiger partial charge in [0.25, 0.3) is 0 Å². The third-order valence-electron chi connectivity index (χ3n) is 4.22. The molecule has 1 fully saturated rings. The van der Waals surface area contributed by atoms with Gasteiger partial charge in [0.05, 0.1) is 6.42 Å². The van der Waals surface area contributed by atoms with Gasteiger partial charge >= 0.3 is 0 Å². The summed E-state index contributed by atoms with van der Waals surface area (Å²) in [6, 6.07) is 9.52. The molecular weight excluding hydrogens is 309 g/mol. The van der Waals surface area contributed by atoms with Crippen LogP contribution in [0.2, 0.25) is 0 Å². The molecule has 0 saturated carbocycles. The van der Waals surface area contributed by atoms with Crippen molar-refractivity contribution in [1.29, 1.82) is 0 Å². The van der Waals surface area contributed by atoms with Crippen LogP contribution in [0.1, 0.15) is 11.1 Å². The monoisotopic (exact) mass is 329 g/mol. The summed E-state index contributed by atoms with van der Waals surface area (Å²) in [5, 5.41) is 0. The molecule has 1 N–H and O–H groups in total. The van der Waals surface area contributed by atoms with Gasteiger partial charge in [0.15, 0.2) is 0 Å². The quantitative estimate of drug-likeness (QED) is 0.922. The number of hydrogen-bond acceptors (Lipinski definition) is 3. The van der Waals surface area contributed by atoms with E-state index < -0.39 is 0 Å². The van der Waals surface area contributed by atoms with Crippen molar-refractivity contribution >= 4 is 5.91 Å². The Morgan fingerprint density at radius 2 is 1.88 bits per heavy atom. The lowest BCUT2D eigenvalue weighted by Gasteiger charge is -2.34. The summed E-state index contributed by atoms with van der Waals surface area (Å²) in [5.41, 5.74) is 1.65. The first-order chi connectivity index (χ1) is 11.6. The van der Waals surface area contributed by atoms with Crippen LogP contribution in [0.3, 0.4) is 0 Å². The zero-order valence-corrected chi connectivity index (χ0v) is 13.4. The second-order valence-corrected chi connectivity index (χ2v) is 6.02. The van der Waals surface area contributed by atoms with E-state index in [0.29, 0.717) is 18.7 Å². The van der Waals surface area contributed by atoms with E-state index >= 15 is 0 Å². The summed E-state index contributed by atoms with van der Waals surface area (Å²) >= 11 is 0. The average Bonchev–Trinajstić information content (AvgIpc) is 2.57. The van der Waals surface area contributed by atoms with E-state index in [2.05, 4.69) is 9.88 Å². The van der Waals surface area contributed by atoms with Gasteiger partial charge < -0.3 is 9.88 Å². The number of aromatic amines is 1. The fraction of sp³-hybridized carbons (Fsp3) is 0.333. The number of H-pyrrole nitrogens is 1. The summed E-state index contributed by atoms with van der Waals surface area (Å²) in [6.07, 6.45) is 1.96. The minimum atomic E-state index is -0.314. The summed E-state index contributed by atoms with van der Waals surface area (Å²) in [6.45, 7) is 3.65. The van der Waals surface area contributed by atoms with Gasteiger partial charge in [0, 0.05) is 45.0 Å². The molecule has 1 saturated heterocycles. The minimum Gasteiger partial charge on any atom is -0.340 e. The molecule has 0 radical (unpaired) electrons. The van der Waals surface area contributed by atoms with Gasteiger partial charge in [-0.2, -0.15) is 0 Å². The maximum absolute atomic E-state index is 13.2. The number of benzene rings is 1. The number of carbonyl (C=O) groups excluding carboxylic acids is 1. The van der Waals surface area contributed by atoms with Crippen molar-refractivity contribution < 1.29 is 9.18 Å². The molecule has 1 aromatic heterocycles. The van der Waals surface area contributed by atoms with Crippen molar-refractivity contribution in [3.8, 4) is 0 Å². The predicted octanol–water partition coefficient (Wildman–Crippen LogP) is 1.40. The number of halogens is 1. The van der Waals surface area contributed by atoms with Crippen molar-refractivity contribution in [2.45, 2.75) is 13.0 Å². The highest BCUT2D eigenvalue weighted by atomic mass is 19.1. The van der Waals surface area contributed by atoms with Crippen LogP contribution in [-0.2, 0) is 17.8 Å². The number of rotatable bonds is 4. The van der Waals surface area contributed by atoms with Crippen LogP contribution in [-0.4, -0.2) is 46.9 Å². The second-order valence-electron chi connectivity index (χ2n) is 6.02. The molecule has 0 atom stereocenters. The van der Waals surface area contributed by atoms with Crippen LogP contribution in [0.4, 0.5) is 4.39 Å². The highest BCUT2D eigenvalue weighted by Gasteiger charge is 2.21. The Balaban J connectivity index is 1.50. The smallest absolute Gasteiger partial charge is 0.247 e. The molecule has 2 aromatic rings. The Morgan fingerprint density at radius 3 is 2.54 bits per heavy atom. The molecular formula is C18H20FN3O2. The first-order valence-electron chi connectivity index (χ1n) is 8.02. The van der Waals surface area contributed by atoms with Crippen LogP contribution < -0.4 is 5.56 Å². The van der Waals surface area contributed by atoms with E-state index in [1.54, 1.807) is 18.3 Å². The molecule has 2 heterocycles. The highest BCUT2D eigenvalue weighted by Crippen LogP contribution is 2.10. The van der Waals surface area contributed by atoms with E-state index in [0.717, 1.165) is 25.2 Å². The van der Waals surface area contributed by atoms with Gasteiger partial charge in [-0.25, -0.2) is 4.39 Å². The van der Waals surface area contributed by atoms with Crippen LogP contribution in [0.15, 0.2) is 47.4 Å². The Hall–Kier alpha value is -2.47. The Bertz CT molecular complexity index is 746. The normalized spacial score (nSPS) is 15.5. The Morgan fingerprint density at radius 1 is 1.08 bits per heavy atom. The molecule has 5 nitrogen and oxygen atoms in total. The molecule has 3 rings (SSSR count). The van der Waals surface area contributed by atoms with E-state index in [9.17, 15) is 14.0 Å². The first-order valence-corrected chi connectivity index (χ1v) is 8.02. The summed E-state index contributed by atoms with van der Waals surface area (Å²) in [7, 11) is 0. The zero-order chi connectivity index (χ0) is 16.9. The maximum Gasteiger partial charge on any atom is 0.247 e. The molecule has 1 aromatic carbocycles. The van der Waals surface area contributed by atoms with E-state index in [-0.39, 0.29) is 23.7 Å². The fourth-order valence-electron chi connectivity index (χ4n) is 2.89. The number of piperazine rings is 1. The number of amides is 1. The lowest BCUT2D eigenvalue weighted by molar-refractivity contribution is -0.132. The third kappa shape index (κ3) is 4.29. The summed E-state index contributed by atoms with van der Waals surface area (Å²) in [4.78, 5) is 30.1. The van der Waals surface area contributed by atoms with Gasteiger partial charge in [0.2, 0.25) is 11.5 Å². The van der Waals surface area contributed by atoms with Crippen molar-refractivity contribution in [2.75, 3.05) is 26.2 Å². The van der Waals surface area contributed by atoms with Crippen molar-refractivity contribution in [2.24, 2.45) is 0 Å². The average molecular weight is 329 g/mol. The van der Waals surface area contributed by atoms with Gasteiger partial charge in [-0.1, -0.05) is 18.2 Å². The molecule has 0 bridgehead atoms. The molecule has 0 unspecified atom stereocenters. The van der Waals surface area contributed by atoms with Crippen LogP contribution >= 0.6 is 0 Å². The van der Waals surface area contributed by atoms with Crippen LogP contribution in [0.25, 0.3) is 0 Å². The SMILES string of the molecule is O=C(Cc1cccc(F)c1)N1CCN(Cc2ccc(=O)[nH]c2)CC1. The molecule has 1 amide bonds. The second kappa shape index (κ2) is 7.40. The highest BCUT2D eigenvalue weighted by molar-refractivity contribution is 5.78. The molecule has 0 spiro atoms.